The Hall–Kier alpha value is -1.99. The highest BCUT2D eigenvalue weighted by molar-refractivity contribution is 6.43. The largest absolute Gasteiger partial charge is 0.339 e. The molecule has 0 aliphatic rings. The summed E-state index contributed by atoms with van der Waals surface area (Å²) in [4.78, 5) is 35.4. The first kappa shape index (κ1) is 20.3. The molecule has 2 aromatic rings. The van der Waals surface area contributed by atoms with Crippen LogP contribution in [0.25, 0.3) is 0 Å². The Morgan fingerprint density at radius 2 is 1.19 bits per heavy atom. The molecule has 10 heteroatoms. The van der Waals surface area contributed by atoms with Gasteiger partial charge in [-0.25, -0.2) is 0 Å². The Morgan fingerprint density at radius 3 is 1.69 bits per heavy atom. The second-order valence-corrected chi connectivity index (χ2v) is 6.57. The lowest BCUT2D eigenvalue weighted by atomic mass is 10.3. The highest BCUT2D eigenvalue weighted by Gasteiger charge is 2.15. The Bertz CT molecular complexity index is 874. The SMILES string of the molecule is O=C(CNC(=O)C(=O)Nc1ccc(Cl)c(Cl)c1)Nc1ccc(Cl)c(Cl)c1. The van der Waals surface area contributed by atoms with Crippen LogP contribution in [0.2, 0.25) is 20.1 Å². The fourth-order valence-corrected chi connectivity index (χ4v) is 2.38. The third-order valence-corrected chi connectivity index (χ3v) is 4.47. The van der Waals surface area contributed by atoms with Gasteiger partial charge in [0.25, 0.3) is 0 Å². The van der Waals surface area contributed by atoms with Crippen LogP contribution in [0, 0.1) is 0 Å². The number of nitrogens with one attached hydrogen (secondary N) is 3. The smallest absolute Gasteiger partial charge is 0.313 e. The Balaban J connectivity index is 1.84. The average molecular weight is 435 g/mol. The van der Waals surface area contributed by atoms with Crippen LogP contribution < -0.4 is 16.0 Å². The van der Waals surface area contributed by atoms with Crippen LogP contribution in [0.5, 0.6) is 0 Å². The number of amides is 3. The van der Waals surface area contributed by atoms with E-state index in [1.165, 1.54) is 30.3 Å². The molecule has 3 amide bonds. The number of rotatable bonds is 4. The Kier molecular flexibility index (Phi) is 7.11. The molecule has 6 nitrogen and oxygen atoms in total. The van der Waals surface area contributed by atoms with Gasteiger partial charge in [-0.1, -0.05) is 46.4 Å². The first-order valence-electron chi connectivity index (χ1n) is 7.05. The van der Waals surface area contributed by atoms with E-state index >= 15 is 0 Å². The molecular formula is C16H11Cl4N3O3. The number of carbonyl (C=O) groups is 3. The zero-order valence-corrected chi connectivity index (χ0v) is 15.9. The molecule has 0 aliphatic heterocycles. The van der Waals surface area contributed by atoms with Crippen LogP contribution in [0.3, 0.4) is 0 Å². The van der Waals surface area contributed by atoms with Crippen molar-refractivity contribution in [2.24, 2.45) is 0 Å². The highest BCUT2D eigenvalue weighted by atomic mass is 35.5. The quantitative estimate of drug-likeness (QED) is 0.635. The number of benzene rings is 2. The zero-order valence-electron chi connectivity index (χ0n) is 12.9. The molecule has 0 bridgehead atoms. The molecule has 0 heterocycles. The zero-order chi connectivity index (χ0) is 19.3. The summed E-state index contributed by atoms with van der Waals surface area (Å²) in [5.74, 6) is -2.48. The van der Waals surface area contributed by atoms with Crippen molar-refractivity contribution in [1.82, 2.24) is 5.32 Å². The molecule has 2 rings (SSSR count). The number of anilines is 2. The van der Waals surface area contributed by atoms with Crippen molar-refractivity contribution in [2.45, 2.75) is 0 Å². The van der Waals surface area contributed by atoms with Crippen LogP contribution in [-0.2, 0) is 14.4 Å². The standard InChI is InChI=1S/C16H11Cl4N3O3/c17-10-3-1-8(5-12(10)19)22-14(24)7-21-15(25)16(26)23-9-2-4-11(18)13(20)6-9/h1-6H,7H2,(H,21,25)(H,22,24)(H,23,26). The van der Waals surface area contributed by atoms with E-state index in [1.807, 2.05) is 0 Å². The topological polar surface area (TPSA) is 87.3 Å². The van der Waals surface area contributed by atoms with E-state index in [0.717, 1.165) is 0 Å². The Morgan fingerprint density at radius 1 is 0.692 bits per heavy atom. The number of hydrogen-bond acceptors (Lipinski definition) is 3. The summed E-state index contributed by atoms with van der Waals surface area (Å²) in [7, 11) is 0. The number of carbonyl (C=O) groups excluding carboxylic acids is 3. The van der Waals surface area contributed by atoms with E-state index in [1.54, 1.807) is 6.07 Å². The molecule has 3 N–H and O–H groups in total. The maximum atomic E-state index is 11.8. The van der Waals surface area contributed by atoms with Gasteiger partial charge in [-0.2, -0.15) is 0 Å². The van der Waals surface area contributed by atoms with E-state index in [4.69, 9.17) is 46.4 Å². The molecule has 136 valence electrons. The van der Waals surface area contributed by atoms with Gasteiger partial charge in [0.15, 0.2) is 0 Å². The van der Waals surface area contributed by atoms with Crippen molar-refractivity contribution >= 4 is 75.5 Å². The van der Waals surface area contributed by atoms with Gasteiger partial charge >= 0.3 is 11.8 Å². The summed E-state index contributed by atoms with van der Waals surface area (Å²) in [6.07, 6.45) is 0. The van der Waals surface area contributed by atoms with Crippen molar-refractivity contribution in [3.63, 3.8) is 0 Å². The maximum Gasteiger partial charge on any atom is 0.313 e. The van der Waals surface area contributed by atoms with Crippen LogP contribution >= 0.6 is 46.4 Å². The van der Waals surface area contributed by atoms with E-state index in [2.05, 4.69) is 16.0 Å². The summed E-state index contributed by atoms with van der Waals surface area (Å²) in [6, 6.07) is 8.87. The van der Waals surface area contributed by atoms with Crippen LogP contribution in [0.1, 0.15) is 0 Å². The Labute approximate surface area is 168 Å². The molecule has 0 saturated carbocycles. The third-order valence-electron chi connectivity index (χ3n) is 3.00. The van der Waals surface area contributed by atoms with E-state index in [9.17, 15) is 14.4 Å². The minimum atomic E-state index is -0.986. The fourth-order valence-electron chi connectivity index (χ4n) is 1.78. The van der Waals surface area contributed by atoms with Crippen molar-refractivity contribution in [2.75, 3.05) is 17.2 Å². The molecule has 0 aromatic heterocycles. The number of halogens is 4. The second kappa shape index (κ2) is 9.09. The molecule has 0 atom stereocenters. The first-order chi connectivity index (χ1) is 12.3. The predicted octanol–water partition coefficient (Wildman–Crippen LogP) is 3.99. The fraction of sp³-hybridized carbons (Fsp3) is 0.0625. The summed E-state index contributed by atoms with van der Waals surface area (Å²) in [5.41, 5.74) is 0.693. The van der Waals surface area contributed by atoms with E-state index < -0.39 is 24.3 Å². The van der Waals surface area contributed by atoms with E-state index in [0.29, 0.717) is 21.4 Å². The lowest BCUT2D eigenvalue weighted by molar-refractivity contribution is -0.136. The molecule has 2 aromatic carbocycles. The lowest BCUT2D eigenvalue weighted by Gasteiger charge is -2.08. The first-order valence-corrected chi connectivity index (χ1v) is 8.56. The summed E-state index contributed by atoms with van der Waals surface area (Å²) in [5, 5.41) is 8.20. The van der Waals surface area contributed by atoms with Crippen molar-refractivity contribution in [1.29, 1.82) is 0 Å². The van der Waals surface area contributed by atoms with Gasteiger partial charge in [0.1, 0.15) is 0 Å². The minimum absolute atomic E-state index is 0.228. The van der Waals surface area contributed by atoms with Gasteiger partial charge in [-0.05, 0) is 36.4 Å². The molecule has 0 unspecified atom stereocenters. The van der Waals surface area contributed by atoms with Crippen molar-refractivity contribution < 1.29 is 14.4 Å². The number of hydrogen-bond donors (Lipinski definition) is 3. The van der Waals surface area contributed by atoms with Gasteiger partial charge in [-0.3, -0.25) is 14.4 Å². The maximum absolute atomic E-state index is 11.8. The minimum Gasteiger partial charge on any atom is -0.339 e. The molecule has 0 spiro atoms. The van der Waals surface area contributed by atoms with Gasteiger partial charge in [0.2, 0.25) is 5.91 Å². The molecule has 0 fully saturated rings. The second-order valence-electron chi connectivity index (χ2n) is 4.94. The summed E-state index contributed by atoms with van der Waals surface area (Å²) < 4.78 is 0. The highest BCUT2D eigenvalue weighted by Crippen LogP contribution is 2.25. The van der Waals surface area contributed by atoms with Gasteiger partial charge in [-0.15, -0.1) is 0 Å². The van der Waals surface area contributed by atoms with E-state index in [-0.39, 0.29) is 10.0 Å². The predicted molar refractivity (Wildman–Crippen MR) is 103 cm³/mol. The van der Waals surface area contributed by atoms with Gasteiger partial charge in [0.05, 0.1) is 26.6 Å². The third kappa shape index (κ3) is 5.78. The van der Waals surface area contributed by atoms with Crippen molar-refractivity contribution in [3.05, 3.63) is 56.5 Å². The van der Waals surface area contributed by atoms with Crippen LogP contribution in [0.15, 0.2) is 36.4 Å². The van der Waals surface area contributed by atoms with Crippen molar-refractivity contribution in [3.8, 4) is 0 Å². The lowest BCUT2D eigenvalue weighted by Crippen LogP contribution is -2.39. The van der Waals surface area contributed by atoms with Crippen LogP contribution in [-0.4, -0.2) is 24.3 Å². The normalized spacial score (nSPS) is 10.2. The van der Waals surface area contributed by atoms with Gasteiger partial charge in [0, 0.05) is 11.4 Å². The molecular weight excluding hydrogens is 424 g/mol. The summed E-state index contributed by atoms with van der Waals surface area (Å²) in [6.45, 7) is -0.409. The molecule has 0 radical (unpaired) electrons. The van der Waals surface area contributed by atoms with Gasteiger partial charge < -0.3 is 16.0 Å². The molecule has 0 saturated heterocycles. The molecule has 0 aliphatic carbocycles. The van der Waals surface area contributed by atoms with Crippen LogP contribution in [0.4, 0.5) is 11.4 Å². The summed E-state index contributed by atoms with van der Waals surface area (Å²) >= 11 is 23.2. The monoisotopic (exact) mass is 433 g/mol. The average Bonchev–Trinajstić information content (AvgIpc) is 2.59. The molecule has 26 heavy (non-hydrogen) atoms.